The van der Waals surface area contributed by atoms with E-state index in [-0.39, 0.29) is 11.9 Å². The van der Waals surface area contributed by atoms with Crippen LogP contribution in [0.25, 0.3) is 0 Å². The highest BCUT2D eigenvalue weighted by Crippen LogP contribution is 2.38. The van der Waals surface area contributed by atoms with E-state index in [1.54, 1.807) is 0 Å². The minimum Gasteiger partial charge on any atom is -0.349 e. The molecule has 1 aliphatic rings. The lowest BCUT2D eigenvalue weighted by Crippen LogP contribution is -2.36. The molecule has 1 unspecified atom stereocenters. The second-order valence-electron chi connectivity index (χ2n) is 6.24. The Labute approximate surface area is 138 Å². The van der Waals surface area contributed by atoms with Crippen molar-refractivity contribution in [3.8, 4) is 0 Å². The van der Waals surface area contributed by atoms with Gasteiger partial charge in [-0.05, 0) is 55.8 Å². The van der Waals surface area contributed by atoms with Crippen LogP contribution in [0.4, 0.5) is 0 Å². The Hall–Kier alpha value is -1.06. The van der Waals surface area contributed by atoms with Gasteiger partial charge in [-0.1, -0.05) is 43.0 Å². The normalized spacial score (nSPS) is 16.1. The van der Waals surface area contributed by atoms with Crippen LogP contribution in [0.3, 0.4) is 0 Å². The quantitative estimate of drug-likeness (QED) is 0.669. The van der Waals surface area contributed by atoms with E-state index in [4.69, 9.17) is 17.3 Å². The molecule has 1 fully saturated rings. The number of nitrogens with one attached hydrogen (secondary N) is 1. The van der Waals surface area contributed by atoms with Crippen molar-refractivity contribution in [2.24, 2.45) is 11.7 Å². The van der Waals surface area contributed by atoms with Crippen LogP contribution in [0.5, 0.6) is 0 Å². The number of benzene rings is 1. The van der Waals surface area contributed by atoms with E-state index < -0.39 is 0 Å². The molecule has 0 bridgehead atoms. The van der Waals surface area contributed by atoms with Crippen molar-refractivity contribution in [3.63, 3.8) is 0 Å². The highest BCUT2D eigenvalue weighted by Gasteiger charge is 2.29. The summed E-state index contributed by atoms with van der Waals surface area (Å²) in [6.07, 6.45) is 8.48. The third-order valence-corrected chi connectivity index (χ3v) is 4.78. The van der Waals surface area contributed by atoms with E-state index in [1.807, 2.05) is 24.3 Å². The monoisotopic (exact) mass is 322 g/mol. The molecule has 3 nitrogen and oxygen atoms in total. The number of amides is 1. The average Bonchev–Trinajstić information content (AvgIpc) is 2.45. The lowest BCUT2D eigenvalue weighted by atomic mass is 9.77. The van der Waals surface area contributed by atoms with Crippen LogP contribution in [-0.2, 0) is 4.79 Å². The van der Waals surface area contributed by atoms with Gasteiger partial charge in [-0.15, -0.1) is 0 Å². The molecule has 0 aromatic heterocycles. The molecule has 1 atom stereocenters. The van der Waals surface area contributed by atoms with Gasteiger partial charge in [0.05, 0.1) is 6.04 Å². The van der Waals surface area contributed by atoms with Crippen molar-refractivity contribution in [3.05, 3.63) is 34.9 Å². The average molecular weight is 323 g/mol. The van der Waals surface area contributed by atoms with Gasteiger partial charge in [-0.25, -0.2) is 0 Å². The second-order valence-corrected chi connectivity index (χ2v) is 6.68. The number of hydrogen-bond acceptors (Lipinski definition) is 2. The van der Waals surface area contributed by atoms with Crippen LogP contribution < -0.4 is 11.1 Å². The SMILES string of the molecule is NCCCCCCC(=O)NC(c1ccc(Cl)cc1)C1CCC1. The van der Waals surface area contributed by atoms with Crippen LogP contribution in [-0.4, -0.2) is 12.5 Å². The molecule has 0 aliphatic heterocycles. The Morgan fingerprint density at radius 2 is 1.86 bits per heavy atom. The number of carbonyl (C=O) groups is 1. The van der Waals surface area contributed by atoms with Crippen LogP contribution in [0, 0.1) is 5.92 Å². The highest BCUT2D eigenvalue weighted by atomic mass is 35.5. The number of nitrogens with two attached hydrogens (primary N) is 1. The first-order chi connectivity index (χ1) is 10.7. The lowest BCUT2D eigenvalue weighted by Gasteiger charge is -2.34. The van der Waals surface area contributed by atoms with Crippen LogP contribution in [0.15, 0.2) is 24.3 Å². The summed E-state index contributed by atoms with van der Waals surface area (Å²) in [6.45, 7) is 0.743. The summed E-state index contributed by atoms with van der Waals surface area (Å²) >= 11 is 5.96. The van der Waals surface area contributed by atoms with Crippen LogP contribution >= 0.6 is 11.6 Å². The van der Waals surface area contributed by atoms with Crippen molar-refractivity contribution in [1.29, 1.82) is 0 Å². The smallest absolute Gasteiger partial charge is 0.220 e. The van der Waals surface area contributed by atoms with Crippen molar-refractivity contribution < 1.29 is 4.79 Å². The molecule has 0 saturated heterocycles. The molecule has 0 spiro atoms. The number of carbonyl (C=O) groups excluding carboxylic acids is 1. The first kappa shape index (κ1) is 17.3. The summed E-state index contributed by atoms with van der Waals surface area (Å²) in [6, 6.07) is 8.02. The van der Waals surface area contributed by atoms with Crippen molar-refractivity contribution >= 4 is 17.5 Å². The van der Waals surface area contributed by atoms with Gasteiger partial charge in [-0.3, -0.25) is 4.79 Å². The van der Waals surface area contributed by atoms with Crippen molar-refractivity contribution in [1.82, 2.24) is 5.32 Å². The first-order valence-electron chi connectivity index (χ1n) is 8.45. The molecule has 1 aromatic rings. The molecule has 3 N–H and O–H groups in total. The van der Waals surface area contributed by atoms with Gasteiger partial charge < -0.3 is 11.1 Å². The van der Waals surface area contributed by atoms with Crippen LogP contribution in [0.1, 0.15) is 63.0 Å². The fraction of sp³-hybridized carbons (Fsp3) is 0.611. The summed E-state index contributed by atoms with van der Waals surface area (Å²) in [4.78, 5) is 12.2. The Balaban J connectivity index is 1.84. The molecule has 0 heterocycles. The molecule has 2 rings (SSSR count). The third kappa shape index (κ3) is 5.29. The van der Waals surface area contributed by atoms with E-state index in [0.717, 1.165) is 37.3 Å². The summed E-state index contributed by atoms with van der Waals surface area (Å²) in [5, 5.41) is 3.98. The van der Waals surface area contributed by atoms with Gasteiger partial charge in [0.1, 0.15) is 0 Å². The Kier molecular flexibility index (Phi) is 7.20. The fourth-order valence-corrected chi connectivity index (χ4v) is 3.07. The molecule has 22 heavy (non-hydrogen) atoms. The molecule has 0 radical (unpaired) electrons. The molecular formula is C18H27ClN2O. The Bertz CT molecular complexity index is 457. The van der Waals surface area contributed by atoms with Gasteiger partial charge in [0.25, 0.3) is 0 Å². The standard InChI is InChI=1S/C18H27ClN2O/c19-16-11-9-15(10-12-16)18(14-6-5-7-14)21-17(22)8-3-1-2-4-13-20/h9-12,14,18H,1-8,13,20H2,(H,21,22). The van der Waals surface area contributed by atoms with Crippen LogP contribution in [0.2, 0.25) is 5.02 Å². The Morgan fingerprint density at radius 1 is 1.18 bits per heavy atom. The van der Waals surface area contributed by atoms with Gasteiger partial charge in [0.2, 0.25) is 5.91 Å². The van der Waals surface area contributed by atoms with Gasteiger partial charge in [-0.2, -0.15) is 0 Å². The Morgan fingerprint density at radius 3 is 2.45 bits per heavy atom. The van der Waals surface area contributed by atoms with E-state index in [2.05, 4.69) is 5.32 Å². The number of halogens is 1. The van der Waals surface area contributed by atoms with E-state index in [1.165, 1.54) is 24.8 Å². The molecule has 1 saturated carbocycles. The summed E-state index contributed by atoms with van der Waals surface area (Å²) in [5.74, 6) is 0.738. The van der Waals surface area contributed by atoms with Gasteiger partial charge in [0.15, 0.2) is 0 Å². The molecule has 1 amide bonds. The summed E-state index contributed by atoms with van der Waals surface area (Å²) in [7, 11) is 0. The first-order valence-corrected chi connectivity index (χ1v) is 8.83. The number of rotatable bonds is 9. The van der Waals surface area contributed by atoms with Crippen molar-refractivity contribution in [2.45, 2.75) is 57.4 Å². The molecule has 4 heteroatoms. The minimum absolute atomic E-state index is 0.141. The fourth-order valence-electron chi connectivity index (χ4n) is 2.95. The van der Waals surface area contributed by atoms with E-state index >= 15 is 0 Å². The molecule has 1 aliphatic carbocycles. The zero-order valence-electron chi connectivity index (χ0n) is 13.2. The molecular weight excluding hydrogens is 296 g/mol. The largest absolute Gasteiger partial charge is 0.349 e. The summed E-state index contributed by atoms with van der Waals surface area (Å²) < 4.78 is 0. The third-order valence-electron chi connectivity index (χ3n) is 4.52. The second kappa shape index (κ2) is 9.16. The maximum atomic E-state index is 12.2. The van der Waals surface area contributed by atoms with E-state index in [0.29, 0.717) is 12.3 Å². The number of hydrogen-bond donors (Lipinski definition) is 2. The molecule has 122 valence electrons. The van der Waals surface area contributed by atoms with E-state index in [9.17, 15) is 4.79 Å². The maximum absolute atomic E-state index is 12.2. The highest BCUT2D eigenvalue weighted by molar-refractivity contribution is 6.30. The predicted octanol–water partition coefficient (Wildman–Crippen LogP) is 4.21. The summed E-state index contributed by atoms with van der Waals surface area (Å²) in [5.41, 5.74) is 6.65. The molecule has 1 aromatic carbocycles. The minimum atomic E-state index is 0.141. The van der Waals surface area contributed by atoms with Crippen molar-refractivity contribution in [2.75, 3.05) is 6.54 Å². The lowest BCUT2D eigenvalue weighted by molar-refractivity contribution is -0.122. The zero-order valence-corrected chi connectivity index (χ0v) is 13.9. The maximum Gasteiger partial charge on any atom is 0.220 e. The number of unbranched alkanes of at least 4 members (excludes halogenated alkanes) is 3. The van der Waals surface area contributed by atoms with Gasteiger partial charge >= 0.3 is 0 Å². The zero-order chi connectivity index (χ0) is 15.8. The predicted molar refractivity (Wildman–Crippen MR) is 91.8 cm³/mol. The van der Waals surface area contributed by atoms with Gasteiger partial charge in [0, 0.05) is 11.4 Å². The topological polar surface area (TPSA) is 55.1 Å².